The Morgan fingerprint density at radius 2 is 2.41 bits per heavy atom. The summed E-state index contributed by atoms with van der Waals surface area (Å²) in [7, 11) is 1.89. The van der Waals surface area contributed by atoms with Crippen molar-refractivity contribution in [1.29, 1.82) is 5.26 Å². The molecular weight excluding hydrogens is 236 g/mol. The van der Waals surface area contributed by atoms with Gasteiger partial charge in [-0.1, -0.05) is 0 Å². The second-order valence-electron chi connectivity index (χ2n) is 3.62. The van der Waals surface area contributed by atoms with Crippen LogP contribution < -0.4 is 11.1 Å². The van der Waals surface area contributed by atoms with E-state index in [2.05, 4.69) is 14.8 Å². The third kappa shape index (κ3) is 2.07. The molecule has 2 rings (SSSR count). The van der Waals surface area contributed by atoms with Crippen molar-refractivity contribution in [3.05, 3.63) is 23.0 Å². The minimum Gasteiger partial charge on any atom is -0.382 e. The second kappa shape index (κ2) is 4.43. The molecule has 0 radical (unpaired) electrons. The van der Waals surface area contributed by atoms with Crippen molar-refractivity contribution < 1.29 is 0 Å². The third-order valence-electron chi connectivity index (χ3n) is 2.61. The maximum Gasteiger partial charge on any atom is 0.157 e. The fourth-order valence-corrected chi connectivity index (χ4v) is 2.08. The minimum atomic E-state index is 0.280. The Labute approximate surface area is 103 Å². The van der Waals surface area contributed by atoms with Crippen LogP contribution in [0.5, 0.6) is 0 Å². The zero-order valence-electron chi connectivity index (χ0n) is 9.56. The molecule has 0 saturated carbocycles. The van der Waals surface area contributed by atoms with E-state index in [-0.39, 0.29) is 5.82 Å². The maximum absolute atomic E-state index is 8.92. The highest BCUT2D eigenvalue weighted by atomic mass is 32.1. The number of anilines is 2. The van der Waals surface area contributed by atoms with Gasteiger partial charge in [0.1, 0.15) is 16.6 Å². The SMILES string of the molecule is Cc1c(CNc2snc(N)c2C#N)cnn1C. The number of nitrogens with one attached hydrogen (secondary N) is 1. The molecule has 0 fully saturated rings. The number of aromatic nitrogens is 3. The van der Waals surface area contributed by atoms with E-state index in [0.717, 1.165) is 11.3 Å². The Morgan fingerprint density at radius 3 is 3.00 bits per heavy atom. The van der Waals surface area contributed by atoms with Crippen molar-refractivity contribution >= 4 is 22.4 Å². The number of nitrogens with two attached hydrogens (primary N) is 1. The normalized spacial score (nSPS) is 10.2. The molecule has 7 heteroatoms. The Balaban J connectivity index is 2.13. The molecule has 0 aromatic carbocycles. The first-order valence-corrected chi connectivity index (χ1v) is 5.77. The van der Waals surface area contributed by atoms with Gasteiger partial charge in [0.2, 0.25) is 0 Å². The van der Waals surface area contributed by atoms with E-state index >= 15 is 0 Å². The molecule has 2 heterocycles. The number of nitrogen functional groups attached to an aromatic ring is 1. The lowest BCUT2D eigenvalue weighted by atomic mass is 10.2. The minimum absolute atomic E-state index is 0.280. The van der Waals surface area contributed by atoms with Crippen LogP contribution in [-0.4, -0.2) is 14.2 Å². The summed E-state index contributed by atoms with van der Waals surface area (Å²) in [6.07, 6.45) is 1.80. The monoisotopic (exact) mass is 248 g/mol. The van der Waals surface area contributed by atoms with Crippen molar-refractivity contribution in [2.45, 2.75) is 13.5 Å². The number of hydrogen-bond acceptors (Lipinski definition) is 6. The molecule has 2 aromatic heterocycles. The summed E-state index contributed by atoms with van der Waals surface area (Å²) in [5, 5.41) is 16.9. The zero-order valence-corrected chi connectivity index (χ0v) is 10.4. The van der Waals surface area contributed by atoms with Gasteiger partial charge in [-0.2, -0.15) is 14.7 Å². The molecule has 0 amide bonds. The summed E-state index contributed by atoms with van der Waals surface area (Å²) in [5.41, 5.74) is 8.17. The molecule has 0 bridgehead atoms. The first-order valence-electron chi connectivity index (χ1n) is 5.00. The lowest BCUT2D eigenvalue weighted by molar-refractivity contribution is 0.738. The van der Waals surface area contributed by atoms with E-state index in [0.29, 0.717) is 17.1 Å². The van der Waals surface area contributed by atoms with Crippen molar-refractivity contribution in [2.75, 3.05) is 11.1 Å². The first kappa shape index (κ1) is 11.4. The molecular formula is C10H12N6S. The van der Waals surface area contributed by atoms with E-state index < -0.39 is 0 Å². The molecule has 3 N–H and O–H groups in total. The van der Waals surface area contributed by atoms with Gasteiger partial charge in [-0.05, 0) is 18.5 Å². The number of nitriles is 1. The highest BCUT2D eigenvalue weighted by Crippen LogP contribution is 2.26. The van der Waals surface area contributed by atoms with Crippen LogP contribution in [-0.2, 0) is 13.6 Å². The zero-order chi connectivity index (χ0) is 12.4. The van der Waals surface area contributed by atoms with Gasteiger partial charge in [0.25, 0.3) is 0 Å². The molecule has 0 saturated heterocycles. The van der Waals surface area contributed by atoms with Crippen LogP contribution in [0.1, 0.15) is 16.8 Å². The van der Waals surface area contributed by atoms with Crippen LogP contribution in [0.25, 0.3) is 0 Å². The molecule has 0 aliphatic heterocycles. The number of nitrogens with zero attached hydrogens (tertiary/aromatic N) is 4. The Hall–Kier alpha value is -2.07. The molecule has 6 nitrogen and oxygen atoms in total. The highest BCUT2D eigenvalue weighted by molar-refractivity contribution is 7.10. The van der Waals surface area contributed by atoms with Crippen molar-refractivity contribution in [1.82, 2.24) is 14.2 Å². The molecule has 0 spiro atoms. The van der Waals surface area contributed by atoms with Crippen molar-refractivity contribution in [3.8, 4) is 6.07 Å². The van der Waals surface area contributed by atoms with Gasteiger partial charge >= 0.3 is 0 Å². The fourth-order valence-electron chi connectivity index (χ4n) is 1.42. The highest BCUT2D eigenvalue weighted by Gasteiger charge is 2.11. The molecule has 88 valence electrons. The molecule has 2 aromatic rings. The predicted molar refractivity (Wildman–Crippen MR) is 66.5 cm³/mol. The maximum atomic E-state index is 8.92. The molecule has 0 unspecified atom stereocenters. The molecule has 17 heavy (non-hydrogen) atoms. The Kier molecular flexibility index (Phi) is 2.97. The van der Waals surface area contributed by atoms with Crippen molar-refractivity contribution in [2.24, 2.45) is 7.05 Å². The van der Waals surface area contributed by atoms with E-state index in [1.54, 1.807) is 6.20 Å². The van der Waals surface area contributed by atoms with E-state index in [1.165, 1.54) is 11.5 Å². The summed E-state index contributed by atoms with van der Waals surface area (Å²) in [6.45, 7) is 2.60. The molecule has 0 aliphatic rings. The lowest BCUT2D eigenvalue weighted by Crippen LogP contribution is -2.01. The van der Waals surface area contributed by atoms with Gasteiger partial charge in [-0.3, -0.25) is 4.68 Å². The Bertz CT molecular complexity index is 576. The average molecular weight is 248 g/mol. The van der Waals surface area contributed by atoms with Gasteiger partial charge in [-0.25, -0.2) is 0 Å². The predicted octanol–water partition coefficient (Wildman–Crippen LogP) is 1.25. The lowest BCUT2D eigenvalue weighted by Gasteiger charge is -2.03. The van der Waals surface area contributed by atoms with Crippen LogP contribution >= 0.6 is 11.5 Å². The van der Waals surface area contributed by atoms with Gasteiger partial charge in [0.05, 0.1) is 6.20 Å². The van der Waals surface area contributed by atoms with Gasteiger partial charge < -0.3 is 11.1 Å². The number of hydrogen-bond donors (Lipinski definition) is 2. The number of rotatable bonds is 3. The summed E-state index contributed by atoms with van der Waals surface area (Å²) < 4.78 is 5.75. The average Bonchev–Trinajstić information content (AvgIpc) is 2.82. The molecule has 0 aliphatic carbocycles. The third-order valence-corrected chi connectivity index (χ3v) is 3.43. The summed E-state index contributed by atoms with van der Waals surface area (Å²) in [6, 6.07) is 2.04. The van der Waals surface area contributed by atoms with E-state index in [1.807, 2.05) is 24.7 Å². The topological polar surface area (TPSA) is 92.5 Å². The van der Waals surface area contributed by atoms with Crippen molar-refractivity contribution in [3.63, 3.8) is 0 Å². The van der Waals surface area contributed by atoms with Crippen LogP contribution in [0, 0.1) is 18.3 Å². The van der Waals surface area contributed by atoms with Crippen LogP contribution in [0.2, 0.25) is 0 Å². The quantitative estimate of drug-likeness (QED) is 0.852. The Morgan fingerprint density at radius 1 is 1.65 bits per heavy atom. The summed E-state index contributed by atoms with van der Waals surface area (Å²) in [5.74, 6) is 0.280. The second-order valence-corrected chi connectivity index (χ2v) is 4.39. The largest absolute Gasteiger partial charge is 0.382 e. The summed E-state index contributed by atoms with van der Waals surface area (Å²) in [4.78, 5) is 0. The van der Waals surface area contributed by atoms with E-state index in [9.17, 15) is 0 Å². The smallest absolute Gasteiger partial charge is 0.157 e. The van der Waals surface area contributed by atoms with E-state index in [4.69, 9.17) is 11.0 Å². The van der Waals surface area contributed by atoms with Crippen LogP contribution in [0.3, 0.4) is 0 Å². The van der Waals surface area contributed by atoms with Crippen LogP contribution in [0.4, 0.5) is 10.8 Å². The first-order chi connectivity index (χ1) is 8.13. The standard InChI is InChI=1S/C10H12N6S/c1-6-7(5-14-16(6)2)4-13-10-8(3-11)9(12)15-17-10/h5,13H,4H2,1-2H3,(H2,12,15). The molecule has 0 atom stereocenters. The van der Waals surface area contributed by atoms with Gasteiger partial charge in [0.15, 0.2) is 5.82 Å². The van der Waals surface area contributed by atoms with Gasteiger partial charge in [0, 0.05) is 24.8 Å². The van der Waals surface area contributed by atoms with Gasteiger partial charge in [-0.15, -0.1) is 0 Å². The summed E-state index contributed by atoms with van der Waals surface area (Å²) >= 11 is 1.20. The number of aryl methyl sites for hydroxylation is 1. The fraction of sp³-hybridized carbons (Fsp3) is 0.300. The van der Waals surface area contributed by atoms with Crippen LogP contribution in [0.15, 0.2) is 6.20 Å².